The maximum Gasteiger partial charge on any atom is 0.150 e. The normalized spacial score (nSPS) is 64.7. The molecule has 15 heavy (non-hydrogen) atoms. The fraction of sp³-hybridized carbons (Fsp3) is 0.818. The fourth-order valence-corrected chi connectivity index (χ4v) is 6.95. The van der Waals surface area contributed by atoms with Crippen molar-refractivity contribution in [3.05, 3.63) is 0 Å². The highest BCUT2D eigenvalue weighted by molar-refractivity contribution is 9.10. The van der Waals surface area contributed by atoms with E-state index in [4.69, 9.17) is 0 Å². The molecule has 0 aromatic heterocycles. The quantitative estimate of drug-likeness (QED) is 0.633. The Kier molecular flexibility index (Phi) is 1.61. The van der Waals surface area contributed by atoms with Crippen molar-refractivity contribution in [3.8, 4) is 0 Å². The van der Waals surface area contributed by atoms with Crippen LogP contribution >= 0.6 is 31.9 Å². The molecule has 0 amide bonds. The molecule has 0 spiro atoms. The highest BCUT2D eigenvalue weighted by Gasteiger charge is 2.74. The van der Waals surface area contributed by atoms with Gasteiger partial charge in [-0.05, 0) is 30.1 Å². The molecular formula is C11H10Br2O2. The number of alkyl halides is 2. The molecule has 4 rings (SSSR count). The van der Waals surface area contributed by atoms with Gasteiger partial charge >= 0.3 is 0 Å². The number of ketones is 2. The van der Waals surface area contributed by atoms with Crippen molar-refractivity contribution in [1.29, 1.82) is 0 Å². The average Bonchev–Trinajstić information content (AvgIpc) is 2.85. The Morgan fingerprint density at radius 2 is 1.27 bits per heavy atom. The highest BCUT2D eigenvalue weighted by Crippen LogP contribution is 2.70. The molecule has 4 heteroatoms. The van der Waals surface area contributed by atoms with Gasteiger partial charge in [0.15, 0.2) is 11.6 Å². The maximum atomic E-state index is 12.1. The molecule has 4 saturated carbocycles. The van der Waals surface area contributed by atoms with Gasteiger partial charge in [-0.1, -0.05) is 31.9 Å². The third-order valence-electron chi connectivity index (χ3n) is 5.16. The largest absolute Gasteiger partial charge is 0.298 e. The number of rotatable bonds is 0. The Hall–Kier alpha value is 0.300. The first-order valence-corrected chi connectivity index (χ1v) is 7.31. The molecule has 0 heterocycles. The van der Waals surface area contributed by atoms with Crippen molar-refractivity contribution in [2.75, 3.05) is 0 Å². The van der Waals surface area contributed by atoms with Crippen LogP contribution < -0.4 is 0 Å². The minimum atomic E-state index is 0.0284. The van der Waals surface area contributed by atoms with Gasteiger partial charge in [-0.2, -0.15) is 0 Å². The van der Waals surface area contributed by atoms with E-state index in [1.54, 1.807) is 0 Å². The number of fused-ring (bicyclic) bond motifs is 2. The Morgan fingerprint density at radius 1 is 0.867 bits per heavy atom. The lowest BCUT2D eigenvalue weighted by Gasteiger charge is -2.25. The number of carbonyl (C=O) groups is 2. The van der Waals surface area contributed by atoms with Crippen molar-refractivity contribution >= 4 is 43.4 Å². The minimum Gasteiger partial charge on any atom is -0.298 e. The zero-order chi connectivity index (χ0) is 10.5. The Balaban J connectivity index is 1.93. The monoisotopic (exact) mass is 332 g/mol. The van der Waals surface area contributed by atoms with Crippen LogP contribution in [0.25, 0.3) is 0 Å². The third-order valence-corrected chi connectivity index (χ3v) is 7.29. The average molecular weight is 334 g/mol. The van der Waals surface area contributed by atoms with E-state index in [0.29, 0.717) is 35.2 Å². The van der Waals surface area contributed by atoms with Gasteiger partial charge < -0.3 is 0 Å². The first kappa shape index (κ1) is 9.34. The zero-order valence-corrected chi connectivity index (χ0v) is 11.1. The lowest BCUT2D eigenvalue weighted by molar-refractivity contribution is -0.128. The molecule has 80 valence electrons. The lowest BCUT2D eigenvalue weighted by atomic mass is 9.79. The molecule has 0 unspecified atom stereocenters. The smallest absolute Gasteiger partial charge is 0.150 e. The van der Waals surface area contributed by atoms with Crippen LogP contribution in [0.15, 0.2) is 0 Å². The van der Waals surface area contributed by atoms with Crippen molar-refractivity contribution in [1.82, 2.24) is 0 Å². The Bertz CT molecular complexity index is 358. The van der Waals surface area contributed by atoms with E-state index in [9.17, 15) is 9.59 Å². The molecule has 0 aliphatic heterocycles. The molecule has 4 aliphatic rings. The van der Waals surface area contributed by atoms with Crippen molar-refractivity contribution in [2.45, 2.75) is 16.1 Å². The summed E-state index contributed by atoms with van der Waals surface area (Å²) in [5.41, 5.74) is 0. The van der Waals surface area contributed by atoms with Crippen LogP contribution in [0.2, 0.25) is 0 Å². The first-order valence-electron chi connectivity index (χ1n) is 5.48. The Labute approximate surface area is 104 Å². The van der Waals surface area contributed by atoms with Crippen molar-refractivity contribution in [2.24, 2.45) is 35.5 Å². The minimum absolute atomic E-state index is 0.0284. The van der Waals surface area contributed by atoms with Gasteiger partial charge in [0.05, 0.1) is 9.65 Å². The van der Waals surface area contributed by atoms with Crippen LogP contribution in [0.3, 0.4) is 0 Å². The second-order valence-electron chi connectivity index (χ2n) is 5.38. The first-order chi connectivity index (χ1) is 7.13. The molecule has 0 radical (unpaired) electrons. The summed E-state index contributed by atoms with van der Waals surface area (Å²) in [7, 11) is 0. The summed E-state index contributed by atoms with van der Waals surface area (Å²) in [4.78, 5) is 24.2. The number of halogens is 2. The maximum absolute atomic E-state index is 12.1. The standard InChI is InChI=1S/C11H10Br2O2/c12-8-4-2-1-3-5(4)9(13)11(15)7(3)6(2)10(8)14/h2-9H,1H2/t2-,3-,4-,5-,6-,7+,8-,9-/m1/s1. The summed E-state index contributed by atoms with van der Waals surface area (Å²) in [5.74, 6) is 2.63. The van der Waals surface area contributed by atoms with Crippen LogP contribution in [0.1, 0.15) is 6.42 Å². The van der Waals surface area contributed by atoms with Crippen molar-refractivity contribution < 1.29 is 9.59 Å². The van der Waals surface area contributed by atoms with Crippen molar-refractivity contribution in [3.63, 3.8) is 0 Å². The van der Waals surface area contributed by atoms with Crippen LogP contribution in [0, 0.1) is 35.5 Å². The SMILES string of the molecule is O=C1[C@@H]2[C@@H]3C[C@H]4[C@@H]2C(=O)[C@H](Br)[C@H]4[C@@H]3[C@H]1Br. The number of carbonyl (C=O) groups excluding carboxylic acids is 2. The van der Waals surface area contributed by atoms with Gasteiger partial charge in [-0.15, -0.1) is 0 Å². The summed E-state index contributed by atoms with van der Waals surface area (Å²) >= 11 is 7.09. The zero-order valence-electron chi connectivity index (χ0n) is 7.90. The van der Waals surface area contributed by atoms with Crippen LogP contribution in [-0.4, -0.2) is 21.2 Å². The summed E-state index contributed by atoms with van der Waals surface area (Å²) in [6, 6.07) is 0. The number of hydrogen-bond donors (Lipinski definition) is 0. The number of Topliss-reactive ketones (excluding diaryl/α,β-unsaturated/α-hetero) is 2. The van der Waals surface area contributed by atoms with Gasteiger partial charge in [0.2, 0.25) is 0 Å². The van der Waals surface area contributed by atoms with E-state index >= 15 is 0 Å². The van der Waals surface area contributed by atoms with Crippen LogP contribution in [0.5, 0.6) is 0 Å². The van der Waals surface area contributed by atoms with Gasteiger partial charge in [0.1, 0.15) is 0 Å². The van der Waals surface area contributed by atoms with E-state index in [1.165, 1.54) is 0 Å². The molecule has 0 aromatic rings. The molecule has 2 nitrogen and oxygen atoms in total. The van der Waals surface area contributed by atoms with E-state index < -0.39 is 0 Å². The van der Waals surface area contributed by atoms with E-state index in [0.717, 1.165) is 6.42 Å². The highest BCUT2D eigenvalue weighted by atomic mass is 79.9. The van der Waals surface area contributed by atoms with Gasteiger partial charge in [-0.25, -0.2) is 0 Å². The van der Waals surface area contributed by atoms with Gasteiger partial charge in [-0.3, -0.25) is 9.59 Å². The fourth-order valence-electron chi connectivity index (χ4n) is 4.85. The summed E-state index contributed by atoms with van der Waals surface area (Å²) in [6.45, 7) is 0. The van der Waals surface area contributed by atoms with E-state index in [-0.39, 0.29) is 21.5 Å². The molecule has 8 atom stereocenters. The molecule has 0 saturated heterocycles. The number of hydrogen-bond acceptors (Lipinski definition) is 2. The predicted molar refractivity (Wildman–Crippen MR) is 61.0 cm³/mol. The molecule has 0 aromatic carbocycles. The molecule has 2 bridgehead atoms. The second kappa shape index (κ2) is 2.58. The van der Waals surface area contributed by atoms with Gasteiger partial charge in [0.25, 0.3) is 0 Å². The van der Waals surface area contributed by atoms with E-state index in [1.807, 2.05) is 0 Å². The van der Waals surface area contributed by atoms with E-state index in [2.05, 4.69) is 31.9 Å². The summed E-state index contributed by atoms with van der Waals surface area (Å²) in [6.07, 6.45) is 1.12. The summed E-state index contributed by atoms with van der Waals surface area (Å²) < 4.78 is 0. The second-order valence-corrected chi connectivity index (χ2v) is 7.35. The van der Waals surface area contributed by atoms with Crippen LogP contribution in [-0.2, 0) is 9.59 Å². The topological polar surface area (TPSA) is 34.1 Å². The molecule has 4 aliphatic carbocycles. The third kappa shape index (κ3) is 0.791. The summed E-state index contributed by atoms with van der Waals surface area (Å²) in [5, 5.41) is 0. The molecule has 4 fully saturated rings. The molecule has 0 N–H and O–H groups in total. The predicted octanol–water partition coefficient (Wildman–Crippen LogP) is 1.79. The molecular weight excluding hydrogens is 324 g/mol. The van der Waals surface area contributed by atoms with Crippen LogP contribution in [0.4, 0.5) is 0 Å². The lowest BCUT2D eigenvalue weighted by Crippen LogP contribution is -2.29. The Morgan fingerprint density at radius 3 is 1.67 bits per heavy atom. The van der Waals surface area contributed by atoms with Gasteiger partial charge in [0, 0.05) is 11.8 Å².